The van der Waals surface area contributed by atoms with Gasteiger partial charge in [0.2, 0.25) is 0 Å². The zero-order chi connectivity index (χ0) is 17.6. The lowest BCUT2D eigenvalue weighted by Crippen LogP contribution is -2.30. The summed E-state index contributed by atoms with van der Waals surface area (Å²) in [6, 6.07) is 8.68. The van der Waals surface area contributed by atoms with Crippen molar-refractivity contribution in [2.45, 2.75) is 6.36 Å². The Morgan fingerprint density at radius 1 is 1.04 bits per heavy atom. The first-order valence-corrected chi connectivity index (χ1v) is 8.29. The summed E-state index contributed by atoms with van der Waals surface area (Å²) in [6.45, 7) is 0. The van der Waals surface area contributed by atoms with Crippen LogP contribution < -0.4 is 9.64 Å². The number of hydrogen-bond acceptors (Lipinski definition) is 3. The molecule has 0 fully saturated rings. The summed E-state index contributed by atoms with van der Waals surface area (Å²) in [5.41, 5.74) is 0.693. The van der Waals surface area contributed by atoms with E-state index in [1.54, 1.807) is 34.7 Å². The maximum atomic E-state index is 12.5. The summed E-state index contributed by atoms with van der Waals surface area (Å²) in [5.74, 6) is -1.50. The Labute approximate surface area is 155 Å². The number of carbonyl (C=O) groups is 2. The lowest BCUT2D eigenvalue weighted by atomic mass is 10.1. The molecule has 0 aliphatic carbocycles. The Balaban J connectivity index is 2.04. The van der Waals surface area contributed by atoms with Crippen molar-refractivity contribution in [2.24, 2.45) is 0 Å². The van der Waals surface area contributed by atoms with Crippen molar-refractivity contribution in [3.05, 3.63) is 55.6 Å². The molecule has 0 unspecified atom stereocenters. The normalized spacial score (nSPS) is 14.1. The van der Waals surface area contributed by atoms with Crippen molar-refractivity contribution < 1.29 is 27.5 Å². The minimum atomic E-state index is -4.84. The number of nitrogens with zero attached hydrogens (tertiary/aromatic N) is 1. The van der Waals surface area contributed by atoms with Gasteiger partial charge in [0.15, 0.2) is 0 Å². The third kappa shape index (κ3) is 3.02. The number of ether oxygens (including phenoxy) is 1. The van der Waals surface area contributed by atoms with Crippen LogP contribution in [0, 0.1) is 3.57 Å². The van der Waals surface area contributed by atoms with Gasteiger partial charge in [-0.05, 0) is 62.8 Å². The number of imide groups is 1. The summed E-state index contributed by atoms with van der Waals surface area (Å²) in [5, 5.41) is 0. The molecule has 124 valence electrons. The second-order valence-electron chi connectivity index (χ2n) is 4.77. The minimum Gasteiger partial charge on any atom is -0.405 e. The Hall–Kier alpha value is -1.62. The predicted molar refractivity (Wildman–Crippen MR) is 91.1 cm³/mol. The number of benzene rings is 2. The molecule has 0 saturated carbocycles. The fourth-order valence-corrected chi connectivity index (χ4v) is 3.39. The third-order valence-electron chi connectivity index (χ3n) is 3.26. The first-order valence-electron chi connectivity index (χ1n) is 6.41. The van der Waals surface area contributed by atoms with E-state index in [1.165, 1.54) is 18.2 Å². The van der Waals surface area contributed by atoms with E-state index in [4.69, 9.17) is 0 Å². The smallest absolute Gasteiger partial charge is 0.405 e. The molecular weight excluding hydrogens is 506 g/mol. The van der Waals surface area contributed by atoms with Gasteiger partial charge in [-0.1, -0.05) is 12.1 Å². The van der Waals surface area contributed by atoms with Crippen LogP contribution in [0.25, 0.3) is 0 Å². The fourth-order valence-electron chi connectivity index (χ4n) is 2.30. The van der Waals surface area contributed by atoms with Gasteiger partial charge < -0.3 is 4.74 Å². The number of halogens is 5. The molecule has 2 amide bonds. The maximum Gasteiger partial charge on any atom is 0.573 e. The molecule has 9 heteroatoms. The first-order chi connectivity index (χ1) is 11.2. The fraction of sp³-hybridized carbons (Fsp3) is 0.0667. The highest BCUT2D eigenvalue weighted by molar-refractivity contribution is 14.1. The molecule has 0 saturated heterocycles. The average Bonchev–Trinajstić information content (AvgIpc) is 2.74. The van der Waals surface area contributed by atoms with Crippen LogP contribution in [-0.4, -0.2) is 18.2 Å². The maximum absolute atomic E-state index is 12.5. The van der Waals surface area contributed by atoms with Crippen molar-refractivity contribution in [2.75, 3.05) is 4.90 Å². The lowest BCUT2D eigenvalue weighted by Gasteiger charge is -2.18. The molecule has 1 aliphatic heterocycles. The van der Waals surface area contributed by atoms with Crippen molar-refractivity contribution in [1.82, 2.24) is 0 Å². The Morgan fingerprint density at radius 2 is 1.58 bits per heavy atom. The van der Waals surface area contributed by atoms with Crippen LogP contribution in [0.2, 0.25) is 0 Å². The van der Waals surface area contributed by atoms with Gasteiger partial charge in [-0.2, -0.15) is 0 Å². The van der Waals surface area contributed by atoms with Crippen molar-refractivity contribution >= 4 is 56.0 Å². The monoisotopic (exact) mass is 511 g/mol. The second kappa shape index (κ2) is 6.03. The van der Waals surface area contributed by atoms with Gasteiger partial charge in [0.25, 0.3) is 11.8 Å². The van der Waals surface area contributed by atoms with Crippen LogP contribution >= 0.6 is 38.5 Å². The topological polar surface area (TPSA) is 46.6 Å². The number of anilines is 1. The summed E-state index contributed by atoms with van der Waals surface area (Å²) >= 11 is 4.73. The highest BCUT2D eigenvalue weighted by atomic mass is 127. The molecule has 0 spiro atoms. The van der Waals surface area contributed by atoms with Crippen LogP contribution in [0.15, 0.2) is 40.9 Å². The zero-order valence-electron chi connectivity index (χ0n) is 11.5. The molecule has 0 N–H and O–H groups in total. The molecule has 24 heavy (non-hydrogen) atoms. The largest absolute Gasteiger partial charge is 0.573 e. The predicted octanol–water partition coefficient (Wildman–Crippen LogP) is 4.75. The molecule has 4 nitrogen and oxygen atoms in total. The van der Waals surface area contributed by atoms with Crippen LogP contribution in [-0.2, 0) is 0 Å². The van der Waals surface area contributed by atoms with Gasteiger partial charge in [-0.15, -0.1) is 13.2 Å². The van der Waals surface area contributed by atoms with E-state index in [0.717, 1.165) is 11.0 Å². The molecule has 0 radical (unpaired) electrons. The highest BCUT2D eigenvalue weighted by Crippen LogP contribution is 2.39. The molecule has 3 rings (SSSR count). The SMILES string of the molecule is O=C1c2ccccc2C(=O)N1c1cc(Br)c(OC(F)(F)F)cc1I. The number of rotatable bonds is 2. The number of amides is 2. The standard InChI is InChI=1S/C15H6BrF3INO3/c16-9-5-11(10(20)6-12(9)24-15(17,18)19)21-13(22)7-3-1-2-4-8(7)14(21)23/h1-6H. The van der Waals surface area contributed by atoms with Gasteiger partial charge in [0, 0.05) is 3.57 Å². The quantitative estimate of drug-likeness (QED) is 0.432. The number of fused-ring (bicyclic) bond motifs is 1. The molecule has 1 aliphatic rings. The van der Waals surface area contributed by atoms with Crippen molar-refractivity contribution in [1.29, 1.82) is 0 Å². The van der Waals surface area contributed by atoms with E-state index in [1.807, 2.05) is 0 Å². The zero-order valence-corrected chi connectivity index (χ0v) is 15.3. The third-order valence-corrected chi connectivity index (χ3v) is 4.75. The number of carbonyl (C=O) groups excluding carboxylic acids is 2. The molecule has 0 bridgehead atoms. The van der Waals surface area contributed by atoms with E-state index in [0.29, 0.717) is 0 Å². The number of hydrogen-bond donors (Lipinski definition) is 0. The molecular formula is C15H6BrF3INO3. The van der Waals surface area contributed by atoms with Crippen molar-refractivity contribution in [3.8, 4) is 5.75 Å². The van der Waals surface area contributed by atoms with E-state index < -0.39 is 23.9 Å². The second-order valence-corrected chi connectivity index (χ2v) is 6.79. The Bertz CT molecular complexity index is 835. The van der Waals surface area contributed by atoms with Gasteiger partial charge in [-0.25, -0.2) is 4.90 Å². The average molecular weight is 512 g/mol. The first kappa shape index (κ1) is 17.2. The summed E-state index contributed by atoms with van der Waals surface area (Å²) in [6.07, 6.45) is -4.84. The van der Waals surface area contributed by atoms with Gasteiger partial charge in [0.1, 0.15) is 5.75 Å². The molecule has 0 aromatic heterocycles. The van der Waals surface area contributed by atoms with Crippen LogP contribution in [0.5, 0.6) is 5.75 Å². The Morgan fingerprint density at radius 3 is 2.08 bits per heavy atom. The molecule has 2 aromatic carbocycles. The summed E-state index contributed by atoms with van der Waals surface area (Å²) in [7, 11) is 0. The van der Waals surface area contributed by atoms with Crippen LogP contribution in [0.1, 0.15) is 20.7 Å². The Kier molecular flexibility index (Phi) is 4.32. The van der Waals surface area contributed by atoms with Gasteiger partial charge in [0.05, 0.1) is 21.3 Å². The van der Waals surface area contributed by atoms with E-state index in [-0.39, 0.29) is 24.9 Å². The lowest BCUT2D eigenvalue weighted by molar-refractivity contribution is -0.274. The number of alkyl halides is 3. The minimum absolute atomic E-state index is 0.0215. The van der Waals surface area contributed by atoms with Gasteiger partial charge in [-0.3, -0.25) is 9.59 Å². The molecule has 1 heterocycles. The van der Waals surface area contributed by atoms with Gasteiger partial charge >= 0.3 is 6.36 Å². The van der Waals surface area contributed by atoms with Crippen LogP contribution in [0.4, 0.5) is 18.9 Å². The molecule has 2 aromatic rings. The van der Waals surface area contributed by atoms with Crippen molar-refractivity contribution in [3.63, 3.8) is 0 Å². The summed E-state index contributed by atoms with van der Waals surface area (Å²) < 4.78 is 41.3. The molecule has 0 atom stereocenters. The van der Waals surface area contributed by atoms with E-state index in [9.17, 15) is 22.8 Å². The van der Waals surface area contributed by atoms with E-state index in [2.05, 4.69) is 20.7 Å². The highest BCUT2D eigenvalue weighted by Gasteiger charge is 2.38. The van der Waals surface area contributed by atoms with Crippen LogP contribution in [0.3, 0.4) is 0 Å². The van der Waals surface area contributed by atoms with E-state index >= 15 is 0 Å². The summed E-state index contributed by atoms with van der Waals surface area (Å²) in [4.78, 5) is 25.9.